The Morgan fingerprint density at radius 2 is 1.71 bits per heavy atom. The van der Waals surface area contributed by atoms with E-state index in [0.29, 0.717) is 34.6 Å². The Labute approximate surface area is 180 Å². The van der Waals surface area contributed by atoms with Crippen molar-refractivity contribution in [2.45, 2.75) is 27.2 Å². The van der Waals surface area contributed by atoms with Crippen LogP contribution in [0.4, 0.5) is 0 Å². The lowest BCUT2D eigenvalue weighted by molar-refractivity contribution is 0.0731. The number of phenolic OH excluding ortho intramolecular Hbond substituents is 1. The van der Waals surface area contributed by atoms with Crippen molar-refractivity contribution in [1.82, 2.24) is 9.97 Å². The van der Waals surface area contributed by atoms with Gasteiger partial charge in [0.05, 0.1) is 23.7 Å². The number of phenols is 1. The third-order valence-corrected chi connectivity index (χ3v) is 5.64. The van der Waals surface area contributed by atoms with Gasteiger partial charge in [0.2, 0.25) is 0 Å². The summed E-state index contributed by atoms with van der Waals surface area (Å²) in [5.41, 5.74) is 5.00. The molecular formula is C25H24N2O4. The van der Waals surface area contributed by atoms with Crippen molar-refractivity contribution in [1.29, 1.82) is 0 Å². The number of esters is 1. The minimum atomic E-state index is -0.471. The van der Waals surface area contributed by atoms with Crippen LogP contribution in [-0.2, 0) is 6.42 Å². The monoisotopic (exact) mass is 416 g/mol. The quantitative estimate of drug-likeness (QED) is 0.353. The fourth-order valence-electron chi connectivity index (χ4n) is 3.66. The van der Waals surface area contributed by atoms with Crippen molar-refractivity contribution < 1.29 is 19.4 Å². The molecule has 0 saturated heterocycles. The lowest BCUT2D eigenvalue weighted by Gasteiger charge is -2.19. The van der Waals surface area contributed by atoms with Gasteiger partial charge in [-0.05, 0) is 73.9 Å². The Balaban J connectivity index is 1.74. The van der Waals surface area contributed by atoms with Crippen LogP contribution in [0.5, 0.6) is 17.2 Å². The van der Waals surface area contributed by atoms with E-state index < -0.39 is 5.97 Å². The van der Waals surface area contributed by atoms with Crippen molar-refractivity contribution in [3.8, 4) is 17.2 Å². The number of hydrogen-bond donors (Lipinski definition) is 2. The zero-order valence-electron chi connectivity index (χ0n) is 17.9. The van der Waals surface area contributed by atoms with Gasteiger partial charge in [-0.3, -0.25) is 0 Å². The summed E-state index contributed by atoms with van der Waals surface area (Å²) >= 11 is 0. The smallest absolute Gasteiger partial charge is 0.343 e. The lowest BCUT2D eigenvalue weighted by Crippen LogP contribution is -2.13. The van der Waals surface area contributed by atoms with E-state index in [9.17, 15) is 9.90 Å². The number of benzene rings is 3. The number of ether oxygens (including phenoxy) is 2. The maximum absolute atomic E-state index is 12.9. The molecule has 0 aliphatic rings. The highest BCUT2D eigenvalue weighted by Crippen LogP contribution is 2.38. The predicted octanol–water partition coefficient (Wildman–Crippen LogP) is 5.01. The molecule has 6 nitrogen and oxygen atoms in total. The molecule has 0 unspecified atom stereocenters. The third kappa shape index (κ3) is 3.84. The highest BCUT2D eigenvalue weighted by molar-refractivity contribution is 5.91. The maximum atomic E-state index is 12.9. The summed E-state index contributed by atoms with van der Waals surface area (Å²) in [6, 6.07) is 14.5. The number of nitrogens with one attached hydrogen (secondary N) is 1. The van der Waals surface area contributed by atoms with Crippen molar-refractivity contribution in [3.63, 3.8) is 0 Å². The van der Waals surface area contributed by atoms with E-state index in [2.05, 4.69) is 9.97 Å². The molecule has 1 heterocycles. The Bertz CT molecular complexity index is 1240. The normalized spacial score (nSPS) is 11.0. The van der Waals surface area contributed by atoms with Crippen LogP contribution in [0.2, 0.25) is 0 Å². The molecule has 0 bridgehead atoms. The second kappa shape index (κ2) is 8.14. The lowest BCUT2D eigenvalue weighted by atomic mass is 9.95. The van der Waals surface area contributed by atoms with Crippen molar-refractivity contribution in [2.24, 2.45) is 0 Å². The summed E-state index contributed by atoms with van der Waals surface area (Å²) < 4.78 is 11.0. The molecule has 6 heteroatoms. The van der Waals surface area contributed by atoms with Crippen molar-refractivity contribution >= 4 is 17.0 Å². The van der Waals surface area contributed by atoms with Crippen LogP contribution in [0.3, 0.4) is 0 Å². The van der Waals surface area contributed by atoms with E-state index >= 15 is 0 Å². The first-order valence-electron chi connectivity index (χ1n) is 10.0. The second-order valence-corrected chi connectivity index (χ2v) is 7.53. The Morgan fingerprint density at radius 1 is 1.00 bits per heavy atom. The first-order chi connectivity index (χ1) is 14.9. The SMILES string of the molecule is COc1ccc(C(=O)Oc2c(C)c(C)c(O)c(C)c2Cc2nc3ccccc3[nH]2)cc1. The van der Waals surface area contributed by atoms with E-state index in [4.69, 9.17) is 9.47 Å². The average molecular weight is 416 g/mol. The molecule has 0 spiro atoms. The van der Waals surface area contributed by atoms with E-state index in [1.165, 1.54) is 0 Å². The summed E-state index contributed by atoms with van der Waals surface area (Å²) in [6.45, 7) is 5.48. The number of nitrogens with zero attached hydrogens (tertiary/aromatic N) is 1. The zero-order chi connectivity index (χ0) is 22.1. The van der Waals surface area contributed by atoms with E-state index in [1.807, 2.05) is 45.0 Å². The fraction of sp³-hybridized carbons (Fsp3) is 0.200. The number of methoxy groups -OCH3 is 1. The van der Waals surface area contributed by atoms with Crippen LogP contribution in [0.25, 0.3) is 11.0 Å². The number of aromatic amines is 1. The van der Waals surface area contributed by atoms with Gasteiger partial charge in [0.25, 0.3) is 0 Å². The summed E-state index contributed by atoms with van der Waals surface area (Å²) in [7, 11) is 1.57. The largest absolute Gasteiger partial charge is 0.507 e. The molecule has 0 saturated carbocycles. The number of para-hydroxylation sites is 2. The number of H-pyrrole nitrogens is 1. The third-order valence-electron chi connectivity index (χ3n) is 5.64. The number of carbonyl (C=O) groups excluding carboxylic acids is 1. The van der Waals surface area contributed by atoms with E-state index in [0.717, 1.165) is 28.0 Å². The van der Waals surface area contributed by atoms with Crippen LogP contribution < -0.4 is 9.47 Å². The standard InChI is InChI=1S/C25H24N2O4/c1-14-15(2)24(31-25(29)17-9-11-18(30-4)12-10-17)19(16(3)23(14)28)13-22-26-20-7-5-6-8-21(20)27-22/h5-12,28H,13H2,1-4H3,(H,26,27). The van der Waals surface area contributed by atoms with Gasteiger partial charge < -0.3 is 19.6 Å². The van der Waals surface area contributed by atoms with Gasteiger partial charge >= 0.3 is 5.97 Å². The van der Waals surface area contributed by atoms with Crippen LogP contribution >= 0.6 is 0 Å². The molecule has 31 heavy (non-hydrogen) atoms. The second-order valence-electron chi connectivity index (χ2n) is 7.53. The highest BCUT2D eigenvalue weighted by Gasteiger charge is 2.22. The number of fused-ring (bicyclic) bond motifs is 1. The molecule has 0 aliphatic heterocycles. The first kappa shape index (κ1) is 20.5. The van der Waals surface area contributed by atoms with E-state index in [1.54, 1.807) is 31.4 Å². The van der Waals surface area contributed by atoms with E-state index in [-0.39, 0.29) is 5.75 Å². The van der Waals surface area contributed by atoms with Gasteiger partial charge in [-0.1, -0.05) is 12.1 Å². The molecular weight excluding hydrogens is 392 g/mol. The molecule has 0 radical (unpaired) electrons. The number of hydrogen-bond acceptors (Lipinski definition) is 5. The molecule has 158 valence electrons. The predicted molar refractivity (Wildman–Crippen MR) is 119 cm³/mol. The fourth-order valence-corrected chi connectivity index (χ4v) is 3.66. The van der Waals surface area contributed by atoms with Gasteiger partial charge in [0.15, 0.2) is 0 Å². The molecule has 4 aromatic rings. The average Bonchev–Trinajstić information content (AvgIpc) is 3.21. The number of imidazole rings is 1. The van der Waals surface area contributed by atoms with Crippen LogP contribution in [-0.4, -0.2) is 28.2 Å². The number of aromatic hydroxyl groups is 1. The van der Waals surface area contributed by atoms with Crippen molar-refractivity contribution in [3.05, 3.63) is 82.2 Å². The van der Waals surface area contributed by atoms with Crippen LogP contribution in [0.15, 0.2) is 48.5 Å². The number of carbonyl (C=O) groups is 1. The van der Waals surface area contributed by atoms with Gasteiger partial charge in [0.1, 0.15) is 23.1 Å². The summed E-state index contributed by atoms with van der Waals surface area (Å²) in [5.74, 6) is 1.58. The molecule has 0 fully saturated rings. The zero-order valence-corrected chi connectivity index (χ0v) is 17.9. The van der Waals surface area contributed by atoms with Gasteiger partial charge in [-0.2, -0.15) is 0 Å². The number of aromatic nitrogens is 2. The molecule has 0 amide bonds. The molecule has 2 N–H and O–H groups in total. The molecule has 0 atom stereocenters. The van der Waals surface area contributed by atoms with Gasteiger partial charge in [0, 0.05) is 12.0 Å². The summed E-state index contributed by atoms with van der Waals surface area (Å²) in [4.78, 5) is 20.8. The van der Waals surface area contributed by atoms with Crippen LogP contribution in [0.1, 0.15) is 38.4 Å². The summed E-state index contributed by atoms with van der Waals surface area (Å²) in [6.07, 6.45) is 0.389. The Hall–Kier alpha value is -3.80. The maximum Gasteiger partial charge on any atom is 0.343 e. The topological polar surface area (TPSA) is 84.4 Å². The first-order valence-corrected chi connectivity index (χ1v) is 10.0. The minimum Gasteiger partial charge on any atom is -0.507 e. The minimum absolute atomic E-state index is 0.202. The number of rotatable bonds is 5. The van der Waals surface area contributed by atoms with Gasteiger partial charge in [-0.15, -0.1) is 0 Å². The molecule has 1 aromatic heterocycles. The van der Waals surface area contributed by atoms with Gasteiger partial charge in [-0.25, -0.2) is 9.78 Å². The molecule has 3 aromatic carbocycles. The summed E-state index contributed by atoms with van der Waals surface area (Å²) in [5, 5.41) is 10.6. The van der Waals surface area contributed by atoms with Crippen molar-refractivity contribution in [2.75, 3.05) is 7.11 Å². The highest BCUT2D eigenvalue weighted by atomic mass is 16.5. The van der Waals surface area contributed by atoms with Crippen LogP contribution in [0, 0.1) is 20.8 Å². The Morgan fingerprint density at radius 3 is 2.39 bits per heavy atom. The molecule has 0 aliphatic carbocycles. The Kier molecular flexibility index (Phi) is 5.38. The molecule has 4 rings (SSSR count).